The second-order valence-corrected chi connectivity index (χ2v) is 5.46. The van der Waals surface area contributed by atoms with Crippen LogP contribution < -0.4 is 5.32 Å². The highest BCUT2D eigenvalue weighted by molar-refractivity contribution is 5.68. The van der Waals surface area contributed by atoms with Crippen LogP contribution in [0.2, 0.25) is 0 Å². The summed E-state index contributed by atoms with van der Waals surface area (Å²) in [5.74, 6) is 0. The minimum absolute atomic E-state index is 0.465. The maximum Gasteiger partial charge on any atom is 0.0317 e. The maximum atomic E-state index is 3.53. The highest BCUT2D eigenvalue weighted by Crippen LogP contribution is 2.26. The summed E-state index contributed by atoms with van der Waals surface area (Å²) in [4.78, 5) is 0. The first-order chi connectivity index (χ1) is 9.65. The second-order valence-electron chi connectivity index (χ2n) is 5.46. The molecule has 1 atom stereocenters. The van der Waals surface area contributed by atoms with Crippen molar-refractivity contribution in [2.45, 2.75) is 40.2 Å². The van der Waals surface area contributed by atoms with Crippen LogP contribution in [0.3, 0.4) is 0 Å². The highest BCUT2D eigenvalue weighted by atomic mass is 14.9. The van der Waals surface area contributed by atoms with Crippen molar-refractivity contribution in [3.63, 3.8) is 0 Å². The first kappa shape index (κ1) is 14.8. The maximum absolute atomic E-state index is 3.53. The van der Waals surface area contributed by atoms with Gasteiger partial charge in [0.25, 0.3) is 0 Å². The van der Waals surface area contributed by atoms with Crippen molar-refractivity contribution in [2.24, 2.45) is 0 Å². The van der Waals surface area contributed by atoms with Gasteiger partial charge in [0.2, 0.25) is 0 Å². The molecule has 0 amide bonds. The predicted molar refractivity (Wildman–Crippen MR) is 88.1 cm³/mol. The molecule has 0 heterocycles. The van der Waals surface area contributed by atoms with Gasteiger partial charge in [0.05, 0.1) is 0 Å². The van der Waals surface area contributed by atoms with E-state index in [1.165, 1.54) is 27.8 Å². The van der Waals surface area contributed by atoms with Crippen LogP contribution in [0.15, 0.2) is 42.5 Å². The summed E-state index contributed by atoms with van der Waals surface area (Å²) in [6, 6.07) is 16.1. The fourth-order valence-electron chi connectivity index (χ4n) is 2.69. The average Bonchev–Trinajstić information content (AvgIpc) is 2.47. The van der Waals surface area contributed by atoms with E-state index in [0.29, 0.717) is 6.04 Å². The lowest BCUT2D eigenvalue weighted by atomic mass is 9.96. The molecule has 0 aliphatic rings. The van der Waals surface area contributed by atoms with Crippen LogP contribution >= 0.6 is 0 Å². The van der Waals surface area contributed by atoms with Gasteiger partial charge in [-0.25, -0.2) is 0 Å². The molecule has 2 rings (SSSR count). The fraction of sp³-hybridized carbons (Fsp3) is 0.368. The number of benzene rings is 2. The predicted octanol–water partition coefficient (Wildman–Crippen LogP) is 5.03. The molecule has 106 valence electrons. The van der Waals surface area contributed by atoms with E-state index in [9.17, 15) is 0 Å². The van der Waals surface area contributed by atoms with Crippen molar-refractivity contribution in [1.29, 1.82) is 0 Å². The van der Waals surface area contributed by atoms with E-state index >= 15 is 0 Å². The van der Waals surface area contributed by atoms with Gasteiger partial charge >= 0.3 is 0 Å². The largest absolute Gasteiger partial charge is 0.310 e. The van der Waals surface area contributed by atoms with Crippen LogP contribution in [0.25, 0.3) is 11.1 Å². The number of hydrogen-bond acceptors (Lipinski definition) is 1. The minimum Gasteiger partial charge on any atom is -0.310 e. The van der Waals surface area contributed by atoms with Crippen LogP contribution in [0, 0.1) is 13.8 Å². The number of aryl methyl sites for hydroxylation is 2. The Kier molecular flexibility index (Phi) is 4.97. The molecule has 1 N–H and O–H groups in total. The van der Waals surface area contributed by atoms with Gasteiger partial charge in [-0.2, -0.15) is 0 Å². The van der Waals surface area contributed by atoms with Crippen LogP contribution in [0.5, 0.6) is 0 Å². The van der Waals surface area contributed by atoms with Crippen LogP contribution in [0.1, 0.15) is 43.0 Å². The molecule has 0 aliphatic carbocycles. The molecule has 2 aromatic rings. The molecule has 0 radical (unpaired) electrons. The van der Waals surface area contributed by atoms with Gasteiger partial charge in [0.15, 0.2) is 0 Å². The Balaban J connectivity index is 2.30. The van der Waals surface area contributed by atoms with Crippen molar-refractivity contribution < 1.29 is 0 Å². The summed E-state index contributed by atoms with van der Waals surface area (Å²) < 4.78 is 0. The van der Waals surface area contributed by atoms with Gasteiger partial charge in [-0.05, 0) is 49.1 Å². The summed E-state index contributed by atoms with van der Waals surface area (Å²) in [6.45, 7) is 9.72. The third kappa shape index (κ3) is 3.29. The van der Waals surface area contributed by atoms with E-state index in [-0.39, 0.29) is 0 Å². The lowest BCUT2D eigenvalue weighted by Gasteiger charge is -2.17. The Hall–Kier alpha value is -1.60. The van der Waals surface area contributed by atoms with E-state index in [2.05, 4.69) is 75.5 Å². The Morgan fingerprint density at radius 1 is 0.950 bits per heavy atom. The molecule has 0 aromatic heterocycles. The van der Waals surface area contributed by atoms with E-state index in [1.807, 2.05) is 0 Å². The summed E-state index contributed by atoms with van der Waals surface area (Å²) >= 11 is 0. The summed E-state index contributed by atoms with van der Waals surface area (Å²) in [5, 5.41) is 3.53. The standard InChI is InChI=1S/C19H25N/c1-5-19(20-6-2)17-11-9-16(10-12-17)18-13-14(3)7-8-15(18)4/h7-13,19-20H,5-6H2,1-4H3. The SMILES string of the molecule is CCNC(CC)c1ccc(-c2cc(C)ccc2C)cc1. The molecule has 1 heteroatoms. The molecule has 0 saturated heterocycles. The normalized spacial score (nSPS) is 12.4. The van der Waals surface area contributed by atoms with Gasteiger partial charge in [-0.3, -0.25) is 0 Å². The number of hydrogen-bond donors (Lipinski definition) is 1. The van der Waals surface area contributed by atoms with Gasteiger partial charge in [0, 0.05) is 6.04 Å². The van der Waals surface area contributed by atoms with E-state index in [4.69, 9.17) is 0 Å². The molecule has 0 spiro atoms. The molecular weight excluding hydrogens is 242 g/mol. The van der Waals surface area contributed by atoms with Crippen LogP contribution in [-0.2, 0) is 0 Å². The van der Waals surface area contributed by atoms with Crippen LogP contribution in [-0.4, -0.2) is 6.54 Å². The molecule has 1 nitrogen and oxygen atoms in total. The molecule has 20 heavy (non-hydrogen) atoms. The molecule has 0 saturated carbocycles. The number of rotatable bonds is 5. The average molecular weight is 267 g/mol. The van der Waals surface area contributed by atoms with Crippen molar-refractivity contribution in [3.8, 4) is 11.1 Å². The number of nitrogens with one attached hydrogen (secondary N) is 1. The lowest BCUT2D eigenvalue weighted by molar-refractivity contribution is 0.537. The fourth-order valence-corrected chi connectivity index (χ4v) is 2.69. The smallest absolute Gasteiger partial charge is 0.0317 e. The van der Waals surface area contributed by atoms with Gasteiger partial charge < -0.3 is 5.32 Å². The van der Waals surface area contributed by atoms with Gasteiger partial charge in [0.1, 0.15) is 0 Å². The summed E-state index contributed by atoms with van der Waals surface area (Å²) in [5.41, 5.74) is 6.67. The Labute approximate surface area is 123 Å². The monoisotopic (exact) mass is 267 g/mol. The topological polar surface area (TPSA) is 12.0 Å². The molecular formula is C19H25N. The highest BCUT2D eigenvalue weighted by Gasteiger charge is 2.08. The third-order valence-corrected chi connectivity index (χ3v) is 3.88. The Bertz CT molecular complexity index is 554. The van der Waals surface area contributed by atoms with E-state index in [1.54, 1.807) is 0 Å². The minimum atomic E-state index is 0.465. The Morgan fingerprint density at radius 2 is 1.65 bits per heavy atom. The summed E-state index contributed by atoms with van der Waals surface area (Å²) in [6.07, 6.45) is 1.12. The zero-order chi connectivity index (χ0) is 14.5. The van der Waals surface area contributed by atoms with Gasteiger partial charge in [-0.15, -0.1) is 0 Å². The van der Waals surface area contributed by atoms with Gasteiger partial charge in [-0.1, -0.05) is 61.9 Å². The van der Waals surface area contributed by atoms with E-state index in [0.717, 1.165) is 13.0 Å². The van der Waals surface area contributed by atoms with Crippen LogP contribution in [0.4, 0.5) is 0 Å². The molecule has 0 bridgehead atoms. The van der Waals surface area contributed by atoms with Crippen molar-refractivity contribution in [1.82, 2.24) is 5.32 Å². The van der Waals surface area contributed by atoms with Crippen molar-refractivity contribution in [2.75, 3.05) is 6.54 Å². The first-order valence-corrected chi connectivity index (χ1v) is 7.56. The summed E-state index contributed by atoms with van der Waals surface area (Å²) in [7, 11) is 0. The van der Waals surface area contributed by atoms with Crippen molar-refractivity contribution in [3.05, 3.63) is 59.2 Å². The molecule has 2 aromatic carbocycles. The quantitative estimate of drug-likeness (QED) is 0.801. The zero-order valence-corrected chi connectivity index (χ0v) is 13.0. The third-order valence-electron chi connectivity index (χ3n) is 3.88. The Morgan fingerprint density at radius 3 is 2.25 bits per heavy atom. The first-order valence-electron chi connectivity index (χ1n) is 7.56. The molecule has 0 aliphatic heterocycles. The zero-order valence-electron chi connectivity index (χ0n) is 13.0. The lowest BCUT2D eigenvalue weighted by Crippen LogP contribution is -2.19. The van der Waals surface area contributed by atoms with Crippen molar-refractivity contribution >= 4 is 0 Å². The molecule has 1 unspecified atom stereocenters. The molecule has 0 fully saturated rings. The van der Waals surface area contributed by atoms with E-state index < -0.39 is 0 Å². The second kappa shape index (κ2) is 6.71.